The van der Waals surface area contributed by atoms with E-state index < -0.39 is 0 Å². The molecule has 0 unspecified atom stereocenters. The number of amides is 1. The molecule has 2 aliphatic heterocycles. The molecule has 1 amide bonds. The highest BCUT2D eigenvalue weighted by molar-refractivity contribution is 7.14. The number of benzene rings is 2. The van der Waals surface area contributed by atoms with Crippen molar-refractivity contribution in [1.29, 1.82) is 0 Å². The van der Waals surface area contributed by atoms with Gasteiger partial charge in [-0.1, -0.05) is 24.3 Å². The number of nitrogens with zero attached hydrogens (tertiary/aromatic N) is 3. The number of hydrogen-bond donors (Lipinski definition) is 0. The minimum atomic E-state index is -0.0394. The lowest BCUT2D eigenvalue weighted by Crippen LogP contribution is -2.24. The van der Waals surface area contributed by atoms with E-state index in [1.165, 1.54) is 16.9 Å². The van der Waals surface area contributed by atoms with Crippen LogP contribution in [-0.2, 0) is 11.3 Å². The maximum absolute atomic E-state index is 12.3. The molecule has 5 rings (SSSR count). The summed E-state index contributed by atoms with van der Waals surface area (Å²) in [6.07, 6.45) is 2.26. The summed E-state index contributed by atoms with van der Waals surface area (Å²) in [5, 5.41) is 2.77. The van der Waals surface area contributed by atoms with Gasteiger partial charge in [0.15, 0.2) is 16.6 Å². The largest absolute Gasteiger partial charge is 0.486 e. The lowest BCUT2D eigenvalue weighted by atomic mass is 10.0. The zero-order chi connectivity index (χ0) is 21.2. The van der Waals surface area contributed by atoms with Gasteiger partial charge in [-0.2, -0.15) is 0 Å². The van der Waals surface area contributed by atoms with Crippen LogP contribution in [0.4, 0.5) is 10.8 Å². The second-order valence-corrected chi connectivity index (χ2v) is 8.68. The number of anilines is 2. The molecule has 3 heterocycles. The van der Waals surface area contributed by atoms with Crippen LogP contribution >= 0.6 is 11.3 Å². The van der Waals surface area contributed by atoms with Gasteiger partial charge in [0, 0.05) is 24.9 Å². The Morgan fingerprint density at radius 3 is 2.77 bits per heavy atom. The van der Waals surface area contributed by atoms with Crippen LogP contribution in [0.2, 0.25) is 0 Å². The molecule has 1 atom stereocenters. The van der Waals surface area contributed by atoms with E-state index in [1.807, 2.05) is 36.4 Å². The number of likely N-dealkylation sites (tertiary alicyclic amines) is 1. The zero-order valence-electron chi connectivity index (χ0n) is 17.5. The number of rotatable bonds is 5. The number of aromatic nitrogens is 1. The Balaban J connectivity index is 1.34. The first kappa shape index (κ1) is 20.0. The molecular weight excluding hydrogens is 410 g/mol. The highest BCUT2D eigenvalue weighted by Crippen LogP contribution is 2.39. The highest BCUT2D eigenvalue weighted by Gasteiger charge is 2.28. The van der Waals surface area contributed by atoms with Gasteiger partial charge in [0.1, 0.15) is 13.2 Å². The minimum Gasteiger partial charge on any atom is -0.486 e. The fourth-order valence-electron chi connectivity index (χ4n) is 4.34. The number of fused-ring (bicyclic) bond motifs is 1. The van der Waals surface area contributed by atoms with E-state index in [0.717, 1.165) is 48.8 Å². The molecule has 7 heteroatoms. The van der Waals surface area contributed by atoms with Gasteiger partial charge in [-0.05, 0) is 49.2 Å². The Hall–Kier alpha value is -2.90. The highest BCUT2D eigenvalue weighted by atomic mass is 32.1. The van der Waals surface area contributed by atoms with Gasteiger partial charge < -0.3 is 9.47 Å². The standard InChI is InChI=1S/C24H25N3O3S/c1-17(28)27(20-6-3-2-4-7-20)24-25-19(16-31-24)15-26-11-5-8-21(26)18-9-10-22-23(14-18)30-13-12-29-22/h2-4,6-7,9-10,14,16,21H,5,8,11-13,15H2,1H3/t21-/m1/s1. The molecule has 0 aliphatic carbocycles. The molecule has 1 fully saturated rings. The van der Waals surface area contributed by atoms with Crippen molar-refractivity contribution in [2.45, 2.75) is 32.4 Å². The SMILES string of the molecule is CC(=O)N(c1ccccc1)c1nc(CN2CCC[C@@H]2c2ccc3c(c2)OCCO3)cs1. The summed E-state index contributed by atoms with van der Waals surface area (Å²) in [4.78, 5) is 21.3. The van der Waals surface area contributed by atoms with Crippen LogP contribution in [0.5, 0.6) is 11.5 Å². The number of ether oxygens (including phenoxy) is 2. The van der Waals surface area contributed by atoms with E-state index in [9.17, 15) is 4.79 Å². The van der Waals surface area contributed by atoms with Crippen molar-refractivity contribution >= 4 is 28.1 Å². The Morgan fingerprint density at radius 2 is 1.97 bits per heavy atom. The smallest absolute Gasteiger partial charge is 0.230 e. The lowest BCUT2D eigenvalue weighted by Gasteiger charge is -2.26. The van der Waals surface area contributed by atoms with Crippen LogP contribution in [-0.4, -0.2) is 35.5 Å². The van der Waals surface area contributed by atoms with Crippen LogP contribution in [0.3, 0.4) is 0 Å². The van der Waals surface area contributed by atoms with E-state index in [0.29, 0.717) is 24.4 Å². The molecular formula is C24H25N3O3S. The van der Waals surface area contributed by atoms with Crippen LogP contribution in [0.15, 0.2) is 53.9 Å². The van der Waals surface area contributed by atoms with Crippen molar-refractivity contribution in [2.75, 3.05) is 24.7 Å². The van der Waals surface area contributed by atoms with Crippen molar-refractivity contribution in [2.24, 2.45) is 0 Å². The summed E-state index contributed by atoms with van der Waals surface area (Å²) < 4.78 is 11.4. The molecule has 160 valence electrons. The van der Waals surface area contributed by atoms with E-state index in [-0.39, 0.29) is 5.91 Å². The fourth-order valence-corrected chi connectivity index (χ4v) is 5.22. The van der Waals surface area contributed by atoms with Crippen LogP contribution in [0, 0.1) is 0 Å². The fraction of sp³-hybridized carbons (Fsp3) is 0.333. The third kappa shape index (κ3) is 4.16. The second kappa shape index (κ2) is 8.69. The Bertz CT molecular complexity index is 1070. The van der Waals surface area contributed by atoms with Crippen molar-refractivity contribution in [3.8, 4) is 11.5 Å². The maximum Gasteiger partial charge on any atom is 0.230 e. The molecule has 0 bridgehead atoms. The minimum absolute atomic E-state index is 0.0394. The molecule has 0 saturated carbocycles. The molecule has 6 nitrogen and oxygen atoms in total. The first-order chi connectivity index (χ1) is 15.2. The van der Waals surface area contributed by atoms with Crippen LogP contribution in [0.25, 0.3) is 0 Å². The number of hydrogen-bond acceptors (Lipinski definition) is 6. The molecule has 31 heavy (non-hydrogen) atoms. The summed E-state index contributed by atoms with van der Waals surface area (Å²) in [7, 11) is 0. The van der Waals surface area contributed by atoms with Crippen molar-refractivity contribution < 1.29 is 14.3 Å². The van der Waals surface area contributed by atoms with Gasteiger partial charge >= 0.3 is 0 Å². The quantitative estimate of drug-likeness (QED) is 0.568. The Labute approximate surface area is 186 Å². The molecule has 1 aromatic heterocycles. The first-order valence-corrected chi connectivity index (χ1v) is 11.5. The van der Waals surface area contributed by atoms with Crippen LogP contribution < -0.4 is 14.4 Å². The topological polar surface area (TPSA) is 54.9 Å². The molecule has 2 aromatic carbocycles. The zero-order valence-corrected chi connectivity index (χ0v) is 18.3. The Morgan fingerprint density at radius 1 is 1.16 bits per heavy atom. The van der Waals surface area contributed by atoms with Gasteiger partial charge in [0.25, 0.3) is 0 Å². The molecule has 0 spiro atoms. The maximum atomic E-state index is 12.3. The predicted molar refractivity (Wildman–Crippen MR) is 121 cm³/mol. The summed E-state index contributed by atoms with van der Waals surface area (Å²) in [5.41, 5.74) is 3.09. The monoisotopic (exact) mass is 435 g/mol. The van der Waals surface area contributed by atoms with Gasteiger partial charge in [0.2, 0.25) is 5.91 Å². The molecule has 3 aromatic rings. The van der Waals surface area contributed by atoms with E-state index in [2.05, 4.69) is 22.4 Å². The predicted octanol–water partition coefficient (Wildman–Crippen LogP) is 4.94. The number of thiazole rings is 1. The summed E-state index contributed by atoms with van der Waals surface area (Å²) >= 11 is 1.51. The summed E-state index contributed by atoms with van der Waals surface area (Å²) in [6.45, 7) is 4.57. The molecule has 0 N–H and O–H groups in total. The first-order valence-electron chi connectivity index (χ1n) is 10.6. The van der Waals surface area contributed by atoms with Crippen LogP contribution in [0.1, 0.15) is 37.1 Å². The van der Waals surface area contributed by atoms with Crippen molar-refractivity contribution in [1.82, 2.24) is 9.88 Å². The third-order valence-electron chi connectivity index (χ3n) is 5.74. The average Bonchev–Trinajstić information content (AvgIpc) is 3.44. The molecule has 2 aliphatic rings. The molecule has 0 radical (unpaired) electrons. The lowest BCUT2D eigenvalue weighted by molar-refractivity contribution is -0.115. The average molecular weight is 436 g/mol. The Kier molecular flexibility index (Phi) is 5.61. The van der Waals surface area contributed by atoms with Gasteiger partial charge in [-0.3, -0.25) is 14.6 Å². The third-order valence-corrected chi connectivity index (χ3v) is 6.61. The van der Waals surface area contributed by atoms with Gasteiger partial charge in [-0.15, -0.1) is 11.3 Å². The summed E-state index contributed by atoms with van der Waals surface area (Å²) in [6, 6.07) is 16.3. The van der Waals surface area contributed by atoms with E-state index in [4.69, 9.17) is 14.5 Å². The van der Waals surface area contributed by atoms with E-state index >= 15 is 0 Å². The second-order valence-electron chi connectivity index (χ2n) is 7.84. The molecule has 1 saturated heterocycles. The van der Waals surface area contributed by atoms with E-state index in [1.54, 1.807) is 11.8 Å². The van der Waals surface area contributed by atoms with Gasteiger partial charge in [-0.25, -0.2) is 4.98 Å². The van der Waals surface area contributed by atoms with Gasteiger partial charge in [0.05, 0.1) is 11.4 Å². The normalized spacial score (nSPS) is 18.2. The van der Waals surface area contributed by atoms with Crippen molar-refractivity contribution in [3.63, 3.8) is 0 Å². The number of para-hydroxylation sites is 1. The number of carbonyl (C=O) groups excluding carboxylic acids is 1. The van der Waals surface area contributed by atoms with Crippen molar-refractivity contribution in [3.05, 3.63) is 65.2 Å². The number of carbonyl (C=O) groups is 1. The summed E-state index contributed by atoms with van der Waals surface area (Å²) in [5.74, 6) is 1.63.